The highest BCUT2D eigenvalue weighted by Crippen LogP contribution is 2.40. The van der Waals surface area contributed by atoms with Gasteiger partial charge in [0.2, 0.25) is 0 Å². The number of ether oxygens (including phenoxy) is 1. The minimum Gasteiger partial charge on any atom is -0.490 e. The lowest BCUT2D eigenvalue weighted by atomic mass is 9.74. The molecule has 1 saturated heterocycles. The smallest absolute Gasteiger partial charge is 0.418 e. The number of nitrogens with one attached hydrogen (secondary N) is 1. The third kappa shape index (κ3) is 7.87. The second kappa shape index (κ2) is 13.0. The SMILES string of the molecule is C.CC1(C)C(CC(=O)/C(=N\OCCOc2ccc(C(=N)N)cc2)c2csc(N)n2)C(=O)N1OS(=O)(=O)O.S. The molecular weight excluding hydrogens is 560 g/mol. The van der Waals surface area contributed by atoms with Crippen molar-refractivity contribution >= 4 is 63.6 Å². The number of ketones is 1. The number of nitrogens with zero attached hydrogens (tertiary/aromatic N) is 3. The van der Waals surface area contributed by atoms with Gasteiger partial charge in [0.25, 0.3) is 5.91 Å². The summed E-state index contributed by atoms with van der Waals surface area (Å²) in [6.45, 7) is 3.01. The molecule has 1 aliphatic heterocycles. The van der Waals surface area contributed by atoms with E-state index in [2.05, 4.69) is 14.4 Å². The number of carbonyl (C=O) groups is 2. The van der Waals surface area contributed by atoms with Crippen molar-refractivity contribution in [3.8, 4) is 5.75 Å². The molecule has 1 amide bonds. The molecule has 1 aliphatic rings. The Morgan fingerprint density at radius 2 is 1.92 bits per heavy atom. The number of hydrogen-bond donors (Lipinski definition) is 4. The van der Waals surface area contributed by atoms with E-state index in [1.54, 1.807) is 24.3 Å². The van der Waals surface area contributed by atoms with E-state index in [1.807, 2.05) is 0 Å². The van der Waals surface area contributed by atoms with Crippen molar-refractivity contribution < 1.29 is 36.4 Å². The Hall–Kier alpha value is -3.25. The van der Waals surface area contributed by atoms with Crippen molar-refractivity contribution in [1.82, 2.24) is 10.0 Å². The molecular formula is C21H30N6O8S3. The number of aromatic nitrogens is 1. The quantitative estimate of drug-likeness (QED) is 0.0692. The normalized spacial score (nSPS) is 16.5. The van der Waals surface area contributed by atoms with E-state index in [-0.39, 0.29) is 62.9 Å². The molecule has 1 aromatic heterocycles. The van der Waals surface area contributed by atoms with Gasteiger partial charge in [-0.05, 0) is 38.1 Å². The predicted octanol–water partition coefficient (Wildman–Crippen LogP) is 1.49. The monoisotopic (exact) mass is 590 g/mol. The van der Waals surface area contributed by atoms with Crippen LogP contribution in [0.3, 0.4) is 0 Å². The summed E-state index contributed by atoms with van der Waals surface area (Å²) < 4.78 is 40.7. The number of hydrogen-bond acceptors (Lipinski definition) is 12. The number of amides is 1. The van der Waals surface area contributed by atoms with Crippen molar-refractivity contribution in [2.24, 2.45) is 16.8 Å². The molecule has 1 fully saturated rings. The molecule has 0 radical (unpaired) electrons. The van der Waals surface area contributed by atoms with Crippen molar-refractivity contribution in [2.45, 2.75) is 33.2 Å². The first-order chi connectivity index (χ1) is 16.8. The molecule has 1 atom stereocenters. The minimum atomic E-state index is -4.91. The van der Waals surface area contributed by atoms with Gasteiger partial charge < -0.3 is 21.0 Å². The summed E-state index contributed by atoms with van der Waals surface area (Å²) in [6, 6.07) is 6.54. The number of anilines is 1. The zero-order valence-electron chi connectivity index (χ0n) is 19.7. The molecule has 0 saturated carbocycles. The van der Waals surface area contributed by atoms with E-state index in [9.17, 15) is 18.0 Å². The van der Waals surface area contributed by atoms with Crippen molar-refractivity contribution in [3.63, 3.8) is 0 Å². The van der Waals surface area contributed by atoms with E-state index in [0.717, 1.165) is 11.3 Å². The van der Waals surface area contributed by atoms with Gasteiger partial charge in [-0.2, -0.15) is 27.0 Å². The third-order valence-corrected chi connectivity index (χ3v) is 6.24. The van der Waals surface area contributed by atoms with Crippen LogP contribution >= 0.6 is 24.8 Å². The van der Waals surface area contributed by atoms with Crippen molar-refractivity contribution in [3.05, 3.63) is 40.9 Å². The Labute approximate surface area is 230 Å². The number of β-lactam (4-membered cyclic amide) rings is 1. The summed E-state index contributed by atoms with van der Waals surface area (Å²) in [5.74, 6) is -1.90. The van der Waals surface area contributed by atoms with Gasteiger partial charge in [0.1, 0.15) is 23.9 Å². The van der Waals surface area contributed by atoms with Crippen LogP contribution in [0.2, 0.25) is 0 Å². The molecule has 0 aliphatic carbocycles. The Kier molecular flexibility index (Phi) is 11.2. The average Bonchev–Trinajstić information content (AvgIpc) is 3.23. The largest absolute Gasteiger partial charge is 0.490 e. The van der Waals surface area contributed by atoms with E-state index >= 15 is 0 Å². The zero-order chi connectivity index (χ0) is 26.7. The molecule has 6 N–H and O–H groups in total. The fourth-order valence-corrected chi connectivity index (χ4v) is 4.33. The average molecular weight is 591 g/mol. The third-order valence-electron chi connectivity index (χ3n) is 5.23. The number of hydroxylamine groups is 2. The Morgan fingerprint density at radius 3 is 2.42 bits per heavy atom. The van der Waals surface area contributed by atoms with Crippen LogP contribution in [0.4, 0.5) is 5.13 Å². The number of amidine groups is 1. The minimum absolute atomic E-state index is 0. The standard InChI is InChI=1S/C20H24N6O8S2.CH4.H2S/c1-20(2)13(18(28)26(20)34-36(29,30)31)9-15(27)16(14-10-35-19(23)24-14)25-33-8-7-32-12-5-3-11(4-6-12)17(21)22;;/h3-6,10,13H,7-9H2,1-2H3,(H3,21,22)(H2,23,24)(H,29,30,31);1H4;1H2/b25-16-;;. The molecule has 210 valence electrons. The van der Waals surface area contributed by atoms with Crippen LogP contribution in [0.1, 0.15) is 39.0 Å². The van der Waals surface area contributed by atoms with Gasteiger partial charge in [-0.3, -0.25) is 19.6 Å². The highest BCUT2D eigenvalue weighted by atomic mass is 32.3. The number of nitrogen functional groups attached to an aromatic ring is 2. The Morgan fingerprint density at radius 1 is 1.29 bits per heavy atom. The maximum Gasteiger partial charge on any atom is 0.418 e. The number of oxime groups is 1. The molecule has 1 unspecified atom stereocenters. The number of nitrogens with two attached hydrogens (primary N) is 2. The molecule has 1 aromatic carbocycles. The Balaban J connectivity index is 0.00000361. The fraction of sp³-hybridized carbons (Fsp3) is 0.381. The van der Waals surface area contributed by atoms with Gasteiger partial charge in [0.15, 0.2) is 23.2 Å². The van der Waals surface area contributed by atoms with Gasteiger partial charge in [0.05, 0.1) is 11.5 Å². The van der Waals surface area contributed by atoms with E-state index in [1.165, 1.54) is 19.2 Å². The molecule has 0 bridgehead atoms. The van der Waals surface area contributed by atoms with Crippen molar-refractivity contribution in [2.75, 3.05) is 18.9 Å². The lowest BCUT2D eigenvalue weighted by Gasteiger charge is -2.50. The molecule has 2 heterocycles. The summed E-state index contributed by atoms with van der Waals surface area (Å²) in [6.07, 6.45) is -0.351. The number of Topliss-reactive ketones (excluding diaryl/α,β-unsaturated/α-hetero) is 1. The molecule has 38 heavy (non-hydrogen) atoms. The van der Waals surface area contributed by atoms with Crippen LogP contribution < -0.4 is 16.2 Å². The van der Waals surface area contributed by atoms with Gasteiger partial charge >= 0.3 is 10.4 Å². The van der Waals surface area contributed by atoms with Crippen LogP contribution in [-0.4, -0.2) is 65.0 Å². The van der Waals surface area contributed by atoms with Gasteiger partial charge in [-0.25, -0.2) is 4.98 Å². The first-order valence-corrected chi connectivity index (χ1v) is 12.6. The maximum atomic E-state index is 13.0. The summed E-state index contributed by atoms with van der Waals surface area (Å²) in [7, 11) is -4.91. The number of thiazole rings is 1. The van der Waals surface area contributed by atoms with Gasteiger partial charge in [-0.15, -0.1) is 15.6 Å². The van der Waals surface area contributed by atoms with Crippen LogP contribution in [0.5, 0.6) is 5.75 Å². The highest BCUT2D eigenvalue weighted by molar-refractivity contribution is 7.80. The van der Waals surface area contributed by atoms with Crippen LogP contribution in [0.25, 0.3) is 0 Å². The summed E-state index contributed by atoms with van der Waals surface area (Å²) in [5.41, 5.74) is 10.4. The number of carbonyl (C=O) groups excluding carboxylic acids is 2. The summed E-state index contributed by atoms with van der Waals surface area (Å²) in [5, 5.41) is 13.4. The van der Waals surface area contributed by atoms with Gasteiger partial charge in [0, 0.05) is 17.4 Å². The number of rotatable bonds is 12. The summed E-state index contributed by atoms with van der Waals surface area (Å²) in [4.78, 5) is 34.7. The topological polar surface area (TPSA) is 221 Å². The second-order valence-electron chi connectivity index (χ2n) is 8.10. The first kappa shape index (κ1) is 32.8. The first-order valence-electron chi connectivity index (χ1n) is 10.3. The van der Waals surface area contributed by atoms with Crippen molar-refractivity contribution in [1.29, 1.82) is 5.41 Å². The lowest BCUT2D eigenvalue weighted by Crippen LogP contribution is -2.68. The second-order valence-corrected chi connectivity index (χ2v) is 9.99. The highest BCUT2D eigenvalue weighted by Gasteiger charge is 2.57. The van der Waals surface area contributed by atoms with Crippen LogP contribution in [0, 0.1) is 11.3 Å². The Bertz CT molecular complexity index is 1290. The zero-order valence-corrected chi connectivity index (χ0v) is 22.3. The van der Waals surface area contributed by atoms with E-state index in [4.69, 9.17) is 31.0 Å². The lowest BCUT2D eigenvalue weighted by molar-refractivity contribution is -0.228. The predicted molar refractivity (Wildman–Crippen MR) is 146 cm³/mol. The van der Waals surface area contributed by atoms with E-state index < -0.39 is 33.5 Å². The molecule has 2 aromatic rings. The van der Waals surface area contributed by atoms with Gasteiger partial charge in [-0.1, -0.05) is 12.6 Å². The molecule has 17 heteroatoms. The van der Waals surface area contributed by atoms with Crippen LogP contribution in [-0.2, 0) is 29.1 Å². The van der Waals surface area contributed by atoms with E-state index in [0.29, 0.717) is 16.4 Å². The molecule has 14 nitrogen and oxygen atoms in total. The summed E-state index contributed by atoms with van der Waals surface area (Å²) >= 11 is 1.08. The molecule has 0 spiro atoms. The molecule has 3 rings (SSSR count). The van der Waals surface area contributed by atoms with Crippen LogP contribution in [0.15, 0.2) is 34.8 Å². The fourth-order valence-electron chi connectivity index (χ4n) is 3.32. The number of benzene rings is 1. The maximum absolute atomic E-state index is 13.0.